The van der Waals surface area contributed by atoms with Crippen molar-refractivity contribution < 1.29 is 32.4 Å². The number of carboxylic acid groups (broad SMARTS) is 1. The van der Waals surface area contributed by atoms with E-state index in [9.17, 15) is 18.0 Å². The van der Waals surface area contributed by atoms with Gasteiger partial charge in [0.2, 0.25) is 0 Å². The maximum absolute atomic E-state index is 12.9. The van der Waals surface area contributed by atoms with E-state index in [2.05, 4.69) is 10.5 Å². The van der Waals surface area contributed by atoms with Crippen molar-refractivity contribution in [1.29, 1.82) is 0 Å². The van der Waals surface area contributed by atoms with E-state index in [4.69, 9.17) is 26.0 Å². The van der Waals surface area contributed by atoms with Crippen molar-refractivity contribution in [3.8, 4) is 11.3 Å². The molecule has 1 atom stereocenters. The number of hydrogen-bond donors (Lipinski definition) is 2. The summed E-state index contributed by atoms with van der Waals surface area (Å²) >= 11 is 6.19. The molecule has 0 bridgehead atoms. The summed E-state index contributed by atoms with van der Waals surface area (Å²) in [5.74, 6) is -1.04. The number of sulfone groups is 1. The summed E-state index contributed by atoms with van der Waals surface area (Å²) in [7, 11) is -3.72. The Morgan fingerprint density at radius 3 is 2.46 bits per heavy atom. The van der Waals surface area contributed by atoms with Crippen LogP contribution in [0.5, 0.6) is 0 Å². The van der Waals surface area contributed by atoms with Crippen LogP contribution in [-0.4, -0.2) is 30.7 Å². The number of rotatable bonds is 9. The molecule has 0 radical (unpaired) electrons. The molecule has 0 aliphatic rings. The number of carbonyl (C=O) groups is 2. The Kier molecular flexibility index (Phi) is 8.37. The van der Waals surface area contributed by atoms with Crippen molar-refractivity contribution in [3.63, 3.8) is 0 Å². The predicted molar refractivity (Wildman–Crippen MR) is 145 cm³/mol. The molecule has 0 fully saturated rings. The molecule has 39 heavy (non-hydrogen) atoms. The van der Waals surface area contributed by atoms with E-state index < -0.39 is 28.0 Å². The predicted octanol–water partition coefficient (Wildman–Crippen LogP) is 6.21. The summed E-state index contributed by atoms with van der Waals surface area (Å²) in [4.78, 5) is 23.6. The van der Waals surface area contributed by atoms with Gasteiger partial charge in [-0.1, -0.05) is 71.4 Å². The van der Waals surface area contributed by atoms with Gasteiger partial charge >= 0.3 is 12.1 Å². The van der Waals surface area contributed by atoms with E-state index >= 15 is 0 Å². The van der Waals surface area contributed by atoms with Gasteiger partial charge in [0.25, 0.3) is 0 Å². The van der Waals surface area contributed by atoms with Crippen LogP contribution in [0.3, 0.4) is 0 Å². The van der Waals surface area contributed by atoms with E-state index in [-0.39, 0.29) is 22.8 Å². The lowest BCUT2D eigenvalue weighted by atomic mass is 10.1. The van der Waals surface area contributed by atoms with Gasteiger partial charge in [0.1, 0.15) is 17.5 Å². The lowest BCUT2D eigenvalue weighted by Gasteiger charge is -2.15. The van der Waals surface area contributed by atoms with E-state index in [0.717, 1.165) is 0 Å². The molecule has 4 aromatic rings. The van der Waals surface area contributed by atoms with Crippen LogP contribution in [0.15, 0.2) is 82.2 Å². The van der Waals surface area contributed by atoms with Gasteiger partial charge in [-0.3, -0.25) is 10.1 Å². The third-order valence-electron chi connectivity index (χ3n) is 5.90. The highest BCUT2D eigenvalue weighted by atomic mass is 35.5. The summed E-state index contributed by atoms with van der Waals surface area (Å²) in [6.45, 7) is 3.37. The number of halogens is 1. The molecule has 11 heteroatoms. The first-order valence-corrected chi connectivity index (χ1v) is 13.9. The standard InChI is InChI=1S/C28H25ClN2O7S/c1-17-26(30-28(34)37-18(2)23-8-3-4-9-24(23)29)27(38-31-17)21-12-10-19(11-13-21)16-39(35,36)22-7-5-6-20(14-22)15-25(32)33/h3-14,18H,15-16H2,1-2H3,(H,30,34)(H,32,33). The molecule has 0 aliphatic heterocycles. The number of nitrogens with one attached hydrogen (secondary N) is 1. The number of ether oxygens (including phenoxy) is 1. The topological polar surface area (TPSA) is 136 Å². The second-order valence-electron chi connectivity index (χ2n) is 8.84. The molecule has 4 rings (SSSR count). The van der Waals surface area contributed by atoms with Gasteiger partial charge in [0, 0.05) is 16.1 Å². The zero-order valence-electron chi connectivity index (χ0n) is 21.0. The number of aryl methyl sites for hydroxylation is 1. The van der Waals surface area contributed by atoms with Gasteiger partial charge in [-0.15, -0.1) is 0 Å². The quantitative estimate of drug-likeness (QED) is 0.243. The molecular formula is C28H25ClN2O7S. The fraction of sp³-hybridized carbons (Fsp3) is 0.179. The average Bonchev–Trinajstić information content (AvgIpc) is 3.24. The van der Waals surface area contributed by atoms with Crippen molar-refractivity contribution in [2.24, 2.45) is 0 Å². The largest absolute Gasteiger partial charge is 0.481 e. The maximum Gasteiger partial charge on any atom is 0.412 e. The molecule has 9 nitrogen and oxygen atoms in total. The smallest absolute Gasteiger partial charge is 0.412 e. The summed E-state index contributed by atoms with van der Waals surface area (Å²) in [5, 5.41) is 16.1. The van der Waals surface area contributed by atoms with Crippen LogP contribution in [0.1, 0.15) is 35.4 Å². The molecule has 1 unspecified atom stereocenters. The highest BCUT2D eigenvalue weighted by Gasteiger charge is 2.21. The third-order valence-corrected chi connectivity index (χ3v) is 7.93. The summed E-state index contributed by atoms with van der Waals surface area (Å²) < 4.78 is 36.8. The molecule has 1 heterocycles. The molecule has 2 N–H and O–H groups in total. The first kappa shape index (κ1) is 27.9. The van der Waals surface area contributed by atoms with E-state index in [1.807, 2.05) is 0 Å². The Balaban J connectivity index is 1.47. The Labute approximate surface area is 230 Å². The second-order valence-corrected chi connectivity index (χ2v) is 11.2. The van der Waals surface area contributed by atoms with E-state index in [0.29, 0.717) is 38.7 Å². The van der Waals surface area contributed by atoms with Crippen molar-refractivity contribution in [1.82, 2.24) is 5.16 Å². The molecule has 0 saturated carbocycles. The van der Waals surface area contributed by atoms with Crippen molar-refractivity contribution in [2.75, 3.05) is 5.32 Å². The molecular weight excluding hydrogens is 544 g/mol. The number of carbonyl (C=O) groups excluding carboxylic acids is 1. The Morgan fingerprint density at radius 2 is 1.77 bits per heavy atom. The van der Waals surface area contributed by atoms with Crippen molar-refractivity contribution in [3.05, 3.63) is 100 Å². The molecule has 1 aromatic heterocycles. The summed E-state index contributed by atoms with van der Waals surface area (Å²) in [6, 6.07) is 19.6. The lowest BCUT2D eigenvalue weighted by molar-refractivity contribution is -0.136. The maximum atomic E-state index is 12.9. The van der Waals surface area contributed by atoms with Gasteiger partial charge in [-0.2, -0.15) is 0 Å². The zero-order chi connectivity index (χ0) is 28.2. The summed E-state index contributed by atoms with van der Waals surface area (Å²) in [6.07, 6.45) is -1.59. The monoisotopic (exact) mass is 568 g/mol. The fourth-order valence-corrected chi connectivity index (χ4v) is 5.66. The average molecular weight is 569 g/mol. The van der Waals surface area contributed by atoms with Gasteiger partial charge in [-0.05, 0) is 43.2 Å². The number of nitrogens with zero attached hydrogens (tertiary/aromatic N) is 1. The van der Waals surface area contributed by atoms with Gasteiger partial charge in [-0.25, -0.2) is 13.2 Å². The highest BCUT2D eigenvalue weighted by molar-refractivity contribution is 7.90. The minimum Gasteiger partial charge on any atom is -0.481 e. The first-order valence-electron chi connectivity index (χ1n) is 11.8. The molecule has 0 spiro atoms. The van der Waals surface area contributed by atoms with Crippen molar-refractivity contribution in [2.45, 2.75) is 37.0 Å². The van der Waals surface area contributed by atoms with Crippen LogP contribution >= 0.6 is 11.6 Å². The highest BCUT2D eigenvalue weighted by Crippen LogP contribution is 2.32. The van der Waals surface area contributed by atoms with Crippen LogP contribution in [0, 0.1) is 6.92 Å². The SMILES string of the molecule is Cc1noc(-c2ccc(CS(=O)(=O)c3cccc(CC(=O)O)c3)cc2)c1NC(=O)OC(C)c1ccccc1Cl. The number of benzene rings is 3. The van der Waals surface area contributed by atoms with Crippen LogP contribution < -0.4 is 5.32 Å². The molecule has 202 valence electrons. The number of amides is 1. The minimum absolute atomic E-state index is 0.0483. The lowest BCUT2D eigenvalue weighted by Crippen LogP contribution is -2.17. The van der Waals surface area contributed by atoms with E-state index in [1.54, 1.807) is 68.4 Å². The molecule has 1 amide bonds. The zero-order valence-corrected chi connectivity index (χ0v) is 22.6. The second kappa shape index (κ2) is 11.7. The number of hydrogen-bond acceptors (Lipinski definition) is 7. The number of aliphatic carboxylic acids is 1. The molecule has 0 aliphatic carbocycles. The normalized spacial score (nSPS) is 12.1. The Morgan fingerprint density at radius 1 is 1.05 bits per heavy atom. The van der Waals surface area contributed by atoms with Crippen LogP contribution in [0.2, 0.25) is 5.02 Å². The van der Waals surface area contributed by atoms with Crippen LogP contribution in [0.25, 0.3) is 11.3 Å². The van der Waals surface area contributed by atoms with Crippen LogP contribution in [0.4, 0.5) is 10.5 Å². The third kappa shape index (κ3) is 6.84. The number of aromatic nitrogens is 1. The summed E-state index contributed by atoms with van der Waals surface area (Å²) in [5.41, 5.74) is 2.90. The van der Waals surface area contributed by atoms with Gasteiger partial charge < -0.3 is 14.4 Å². The van der Waals surface area contributed by atoms with Crippen LogP contribution in [-0.2, 0) is 31.5 Å². The fourth-order valence-electron chi connectivity index (χ4n) is 3.95. The Hall–Kier alpha value is -4.15. The molecule has 3 aromatic carbocycles. The molecule has 0 saturated heterocycles. The first-order chi connectivity index (χ1) is 18.5. The van der Waals surface area contributed by atoms with Gasteiger partial charge in [0.15, 0.2) is 15.6 Å². The Bertz CT molecular complexity index is 1620. The number of anilines is 1. The van der Waals surface area contributed by atoms with Gasteiger partial charge in [0.05, 0.1) is 17.1 Å². The van der Waals surface area contributed by atoms with Crippen molar-refractivity contribution >= 4 is 39.2 Å². The number of carboxylic acids is 1. The van der Waals surface area contributed by atoms with E-state index in [1.165, 1.54) is 18.2 Å². The minimum atomic E-state index is -3.72.